The maximum absolute atomic E-state index is 6.41. The first kappa shape index (κ1) is 14.1. The minimum Gasteiger partial charge on any atom is -0.319 e. The molecule has 0 fully saturated rings. The molecule has 0 spiro atoms. The zero-order valence-corrected chi connectivity index (χ0v) is 13.1. The van der Waals surface area contributed by atoms with Crippen LogP contribution in [0.25, 0.3) is 0 Å². The van der Waals surface area contributed by atoms with Gasteiger partial charge in [0.25, 0.3) is 0 Å². The van der Waals surface area contributed by atoms with Gasteiger partial charge in [-0.3, -0.25) is 4.68 Å². The minimum absolute atomic E-state index is 0.253. The average molecular weight is 324 g/mol. The van der Waals surface area contributed by atoms with Crippen molar-refractivity contribution in [1.29, 1.82) is 0 Å². The molecule has 2 N–H and O–H groups in total. The lowest BCUT2D eigenvalue weighted by Crippen LogP contribution is -2.21. The maximum atomic E-state index is 6.41. The normalized spacial score (nSPS) is 13.0. The van der Waals surface area contributed by atoms with Crippen LogP contribution in [-0.4, -0.2) is 20.0 Å². The lowest BCUT2D eigenvalue weighted by Gasteiger charge is -2.19. The number of hydrogen-bond donors (Lipinski definition) is 1. The van der Waals surface area contributed by atoms with Gasteiger partial charge < -0.3 is 5.73 Å². The number of nitrogens with two attached hydrogens (primary N) is 1. The van der Waals surface area contributed by atoms with Crippen molar-refractivity contribution in [2.24, 2.45) is 5.73 Å². The SMILES string of the molecule is Cc1cc(C(N)c2c(Br)cnn2C(C)C)c(C)nn1. The molecular weight excluding hydrogens is 306 g/mol. The number of halogens is 1. The molecular formula is C13H18BrN5. The van der Waals surface area contributed by atoms with Crippen molar-refractivity contribution in [3.63, 3.8) is 0 Å². The van der Waals surface area contributed by atoms with Crippen LogP contribution in [0.15, 0.2) is 16.7 Å². The third-order valence-electron chi connectivity index (χ3n) is 3.05. The quantitative estimate of drug-likeness (QED) is 0.942. The van der Waals surface area contributed by atoms with Gasteiger partial charge in [0.1, 0.15) is 0 Å². The van der Waals surface area contributed by atoms with Gasteiger partial charge >= 0.3 is 0 Å². The second-order valence-electron chi connectivity index (χ2n) is 4.92. The zero-order chi connectivity index (χ0) is 14.2. The zero-order valence-electron chi connectivity index (χ0n) is 11.6. The molecule has 0 aliphatic rings. The summed E-state index contributed by atoms with van der Waals surface area (Å²) in [6.07, 6.45) is 1.78. The number of aromatic nitrogens is 4. The first-order valence-electron chi connectivity index (χ1n) is 6.21. The molecule has 0 radical (unpaired) electrons. The molecule has 6 heteroatoms. The highest BCUT2D eigenvalue weighted by Crippen LogP contribution is 2.29. The van der Waals surface area contributed by atoms with Crippen molar-refractivity contribution in [3.05, 3.63) is 39.4 Å². The van der Waals surface area contributed by atoms with Crippen LogP contribution in [0.5, 0.6) is 0 Å². The molecule has 0 saturated heterocycles. The third kappa shape index (κ3) is 2.69. The molecule has 19 heavy (non-hydrogen) atoms. The predicted molar refractivity (Wildman–Crippen MR) is 77.8 cm³/mol. The van der Waals surface area contributed by atoms with E-state index >= 15 is 0 Å². The Bertz CT molecular complexity index is 591. The highest BCUT2D eigenvalue weighted by Gasteiger charge is 2.21. The van der Waals surface area contributed by atoms with Gasteiger partial charge in [0.2, 0.25) is 0 Å². The van der Waals surface area contributed by atoms with Gasteiger partial charge in [0.05, 0.1) is 33.8 Å². The van der Waals surface area contributed by atoms with Crippen molar-refractivity contribution < 1.29 is 0 Å². The van der Waals surface area contributed by atoms with Gasteiger partial charge in [-0.25, -0.2) is 0 Å². The van der Waals surface area contributed by atoms with E-state index in [0.717, 1.165) is 27.1 Å². The summed E-state index contributed by atoms with van der Waals surface area (Å²) in [4.78, 5) is 0. The summed E-state index contributed by atoms with van der Waals surface area (Å²) >= 11 is 3.53. The summed E-state index contributed by atoms with van der Waals surface area (Å²) in [5, 5.41) is 12.5. The molecule has 0 aromatic carbocycles. The van der Waals surface area contributed by atoms with Crippen LogP contribution >= 0.6 is 15.9 Å². The lowest BCUT2D eigenvalue weighted by molar-refractivity contribution is 0.497. The Hall–Kier alpha value is -1.27. The topological polar surface area (TPSA) is 69.6 Å². The fourth-order valence-corrected chi connectivity index (χ4v) is 2.61. The Balaban J connectivity index is 2.52. The molecule has 0 bridgehead atoms. The predicted octanol–water partition coefficient (Wildman–Crippen LogP) is 2.68. The molecule has 2 heterocycles. The van der Waals surface area contributed by atoms with E-state index in [9.17, 15) is 0 Å². The van der Waals surface area contributed by atoms with E-state index in [1.54, 1.807) is 6.20 Å². The molecule has 2 aromatic rings. The highest BCUT2D eigenvalue weighted by atomic mass is 79.9. The monoisotopic (exact) mass is 323 g/mol. The number of aryl methyl sites for hydroxylation is 2. The highest BCUT2D eigenvalue weighted by molar-refractivity contribution is 9.10. The van der Waals surface area contributed by atoms with Crippen molar-refractivity contribution in [2.45, 2.75) is 39.8 Å². The lowest BCUT2D eigenvalue weighted by atomic mass is 10.0. The summed E-state index contributed by atoms with van der Waals surface area (Å²) in [7, 11) is 0. The Morgan fingerprint density at radius 1 is 1.26 bits per heavy atom. The molecule has 2 aromatic heterocycles. The molecule has 1 atom stereocenters. The number of hydrogen-bond acceptors (Lipinski definition) is 4. The molecule has 0 aliphatic heterocycles. The van der Waals surface area contributed by atoms with Crippen molar-refractivity contribution >= 4 is 15.9 Å². The maximum Gasteiger partial charge on any atom is 0.0753 e. The smallest absolute Gasteiger partial charge is 0.0753 e. The fraction of sp³-hybridized carbons (Fsp3) is 0.462. The summed E-state index contributed by atoms with van der Waals surface area (Å²) in [6.45, 7) is 8.00. The molecule has 5 nitrogen and oxygen atoms in total. The Labute approximate surface area is 121 Å². The van der Waals surface area contributed by atoms with E-state index in [1.165, 1.54) is 0 Å². The second-order valence-corrected chi connectivity index (χ2v) is 5.77. The minimum atomic E-state index is -0.270. The molecule has 0 amide bonds. The van der Waals surface area contributed by atoms with Gasteiger partial charge in [-0.15, -0.1) is 0 Å². The van der Waals surface area contributed by atoms with Crippen LogP contribution < -0.4 is 5.73 Å². The Morgan fingerprint density at radius 2 is 1.95 bits per heavy atom. The van der Waals surface area contributed by atoms with E-state index < -0.39 is 0 Å². The van der Waals surface area contributed by atoms with Gasteiger partial charge in [0.15, 0.2) is 0 Å². The second kappa shape index (κ2) is 5.38. The van der Waals surface area contributed by atoms with Crippen LogP contribution in [0.2, 0.25) is 0 Å². The van der Waals surface area contributed by atoms with E-state index in [4.69, 9.17) is 5.73 Å². The summed E-state index contributed by atoms with van der Waals surface area (Å²) in [6, 6.07) is 1.97. The van der Waals surface area contributed by atoms with Crippen molar-refractivity contribution in [3.8, 4) is 0 Å². The van der Waals surface area contributed by atoms with E-state index in [1.807, 2.05) is 24.6 Å². The molecule has 0 saturated carbocycles. The third-order valence-corrected chi connectivity index (χ3v) is 3.66. The fourth-order valence-electron chi connectivity index (χ4n) is 2.09. The molecule has 0 aliphatic carbocycles. The van der Waals surface area contributed by atoms with Crippen molar-refractivity contribution in [1.82, 2.24) is 20.0 Å². The van der Waals surface area contributed by atoms with E-state index in [0.29, 0.717) is 0 Å². The number of rotatable bonds is 3. The van der Waals surface area contributed by atoms with E-state index in [-0.39, 0.29) is 12.1 Å². The van der Waals surface area contributed by atoms with Crippen LogP contribution in [-0.2, 0) is 0 Å². The van der Waals surface area contributed by atoms with Gasteiger partial charge in [-0.2, -0.15) is 15.3 Å². The largest absolute Gasteiger partial charge is 0.319 e. The summed E-state index contributed by atoms with van der Waals surface area (Å²) in [5.74, 6) is 0. The standard InChI is InChI=1S/C13H18BrN5/c1-7(2)19-13(11(14)6-16-19)12(15)10-5-8(3)17-18-9(10)4/h5-7,12H,15H2,1-4H3. The average Bonchev–Trinajstić information content (AvgIpc) is 2.73. The number of nitrogens with zero attached hydrogens (tertiary/aromatic N) is 4. The molecule has 2 rings (SSSR count). The first-order chi connectivity index (χ1) is 8.91. The van der Waals surface area contributed by atoms with Crippen LogP contribution in [0.1, 0.15) is 48.6 Å². The van der Waals surface area contributed by atoms with Crippen molar-refractivity contribution in [2.75, 3.05) is 0 Å². The van der Waals surface area contributed by atoms with E-state index in [2.05, 4.69) is 45.1 Å². The van der Waals surface area contributed by atoms with Crippen LogP contribution in [0, 0.1) is 13.8 Å². The molecule has 102 valence electrons. The summed E-state index contributed by atoms with van der Waals surface area (Å²) < 4.78 is 2.85. The van der Waals surface area contributed by atoms with Crippen LogP contribution in [0.3, 0.4) is 0 Å². The van der Waals surface area contributed by atoms with Gasteiger partial charge in [-0.1, -0.05) is 0 Å². The first-order valence-corrected chi connectivity index (χ1v) is 7.00. The Morgan fingerprint density at radius 3 is 2.58 bits per heavy atom. The van der Waals surface area contributed by atoms with Gasteiger partial charge in [0, 0.05) is 6.04 Å². The van der Waals surface area contributed by atoms with Gasteiger partial charge in [-0.05, 0) is 55.3 Å². The molecule has 1 unspecified atom stereocenters. The Kier molecular flexibility index (Phi) is 4.01. The van der Waals surface area contributed by atoms with Crippen LogP contribution in [0.4, 0.5) is 0 Å². The summed E-state index contributed by atoms with van der Waals surface area (Å²) in [5.41, 5.74) is 10.1.